The van der Waals surface area contributed by atoms with Gasteiger partial charge in [-0.3, -0.25) is 11.5 Å². The number of halogens is 2. The third kappa shape index (κ3) is 7.54. The molecule has 2 aliphatic heterocycles. The molecule has 2 aliphatic rings. The number of nitrogens with two attached hydrogens (primary N) is 2. The minimum atomic E-state index is -1.01. The van der Waals surface area contributed by atoms with Crippen LogP contribution in [0, 0.1) is 0 Å². The predicted octanol–water partition coefficient (Wildman–Crippen LogP) is 6.38. The van der Waals surface area contributed by atoms with Crippen molar-refractivity contribution < 1.29 is 19.1 Å². The largest absolute Gasteiger partial charge is 0.439 e. The summed E-state index contributed by atoms with van der Waals surface area (Å²) in [4.78, 5) is 29.5. The molecule has 0 amide bonds. The van der Waals surface area contributed by atoms with Crippen LogP contribution in [0.4, 0.5) is 11.4 Å². The summed E-state index contributed by atoms with van der Waals surface area (Å²) in [5.41, 5.74) is 20.5. The summed E-state index contributed by atoms with van der Waals surface area (Å²) in [5.74, 6) is -1.55. The van der Waals surface area contributed by atoms with Gasteiger partial charge in [0.15, 0.2) is 12.5 Å². The molecule has 0 aromatic heterocycles. The van der Waals surface area contributed by atoms with Crippen molar-refractivity contribution in [2.45, 2.75) is 38.4 Å². The van der Waals surface area contributed by atoms with Crippen LogP contribution in [-0.2, 0) is 45.0 Å². The van der Waals surface area contributed by atoms with Crippen LogP contribution < -0.4 is 21.3 Å². The Balaban J connectivity index is 0.997. The molecule has 46 heavy (non-hydrogen) atoms. The molecule has 0 bridgehead atoms. The molecule has 8 nitrogen and oxygen atoms in total. The fraction of sp³-hybridized carbons (Fsp3) is 0.222. The highest BCUT2D eigenvalue weighted by atomic mass is 35.5. The predicted molar refractivity (Wildman–Crippen MR) is 180 cm³/mol. The molecular formula is C36H34Cl2N4O4. The fourth-order valence-corrected chi connectivity index (χ4v) is 6.37. The number of nitrogens with zero attached hydrogens (tertiary/aromatic N) is 2. The molecule has 4 aromatic rings. The van der Waals surface area contributed by atoms with Gasteiger partial charge in [-0.15, -0.1) is 0 Å². The summed E-state index contributed by atoms with van der Waals surface area (Å²) >= 11 is 12.3. The topological polar surface area (TPSA) is 111 Å². The lowest BCUT2D eigenvalue weighted by atomic mass is 10.1. The summed E-state index contributed by atoms with van der Waals surface area (Å²) in [5, 5.41) is 1.47. The average Bonchev–Trinajstić information content (AvgIpc) is 3.62. The third-order valence-corrected chi connectivity index (χ3v) is 8.68. The molecule has 236 valence electrons. The van der Waals surface area contributed by atoms with Crippen molar-refractivity contribution in [3.63, 3.8) is 0 Å². The molecule has 2 heterocycles. The van der Waals surface area contributed by atoms with Crippen LogP contribution in [0.2, 0.25) is 10.0 Å². The highest BCUT2D eigenvalue weighted by molar-refractivity contribution is 6.31. The first-order chi connectivity index (χ1) is 22.2. The van der Waals surface area contributed by atoms with Crippen molar-refractivity contribution in [2.24, 2.45) is 11.5 Å². The van der Waals surface area contributed by atoms with Gasteiger partial charge in [0, 0.05) is 70.9 Å². The SMILES string of the molecule is NC(OC(=O)/C=C/C(=O)OC(N)c1cccc(CN2CCc3cc(Cl)ccc32)c1)c1cccc(CN2CCc3cc(Cl)ccc32)c1. The van der Waals surface area contributed by atoms with E-state index in [1.807, 2.05) is 72.8 Å². The van der Waals surface area contributed by atoms with Gasteiger partial charge in [0.25, 0.3) is 0 Å². The van der Waals surface area contributed by atoms with E-state index in [1.54, 1.807) is 12.1 Å². The Morgan fingerprint density at radius 1 is 0.674 bits per heavy atom. The third-order valence-electron chi connectivity index (χ3n) is 8.21. The van der Waals surface area contributed by atoms with Crippen molar-refractivity contribution in [3.8, 4) is 0 Å². The van der Waals surface area contributed by atoms with Gasteiger partial charge in [-0.2, -0.15) is 0 Å². The molecule has 0 saturated heterocycles. The van der Waals surface area contributed by atoms with E-state index in [0.29, 0.717) is 24.2 Å². The van der Waals surface area contributed by atoms with Crippen molar-refractivity contribution in [1.82, 2.24) is 0 Å². The Hall–Kier alpha value is -4.34. The number of carbonyl (C=O) groups excluding carboxylic acids is 2. The lowest BCUT2D eigenvalue weighted by molar-refractivity contribution is -0.146. The average molecular weight is 658 g/mol. The van der Waals surface area contributed by atoms with E-state index in [9.17, 15) is 9.59 Å². The standard InChI is InChI=1S/C36H34Cl2N4O4/c37-29-7-9-31-25(19-29)13-15-41(31)21-23-3-1-5-27(17-23)35(39)45-33(43)11-12-34(44)46-36(40)28-6-2-4-24(18-28)22-42-16-14-26-20-30(38)8-10-32(26)42/h1-12,17-20,35-36H,13-16,21-22,39-40H2/b12-11+. The van der Waals surface area contributed by atoms with Gasteiger partial charge >= 0.3 is 11.9 Å². The van der Waals surface area contributed by atoms with Gasteiger partial charge in [-0.1, -0.05) is 59.6 Å². The van der Waals surface area contributed by atoms with Crippen molar-refractivity contribution in [1.29, 1.82) is 0 Å². The van der Waals surface area contributed by atoms with Crippen LogP contribution in [0.15, 0.2) is 97.1 Å². The molecule has 2 unspecified atom stereocenters. The Bertz CT molecular complexity index is 1670. The first-order valence-corrected chi connectivity index (χ1v) is 15.8. The van der Waals surface area contributed by atoms with Crippen LogP contribution in [-0.4, -0.2) is 25.0 Å². The maximum Gasteiger partial charge on any atom is 0.332 e. The summed E-state index contributed by atoms with van der Waals surface area (Å²) in [6.07, 6.45) is 1.81. The monoisotopic (exact) mass is 656 g/mol. The van der Waals surface area contributed by atoms with Gasteiger partial charge in [-0.05, 0) is 83.6 Å². The van der Waals surface area contributed by atoms with Crippen LogP contribution in [0.25, 0.3) is 0 Å². The van der Waals surface area contributed by atoms with Crippen LogP contribution >= 0.6 is 23.2 Å². The normalized spacial score (nSPS) is 15.0. The summed E-state index contributed by atoms with van der Waals surface area (Å²) < 4.78 is 10.7. The van der Waals surface area contributed by atoms with Gasteiger partial charge in [-0.25, -0.2) is 9.59 Å². The lowest BCUT2D eigenvalue weighted by Crippen LogP contribution is -2.21. The second kappa shape index (κ2) is 14.0. The van der Waals surface area contributed by atoms with Crippen molar-refractivity contribution >= 4 is 46.5 Å². The van der Waals surface area contributed by atoms with E-state index in [0.717, 1.165) is 70.6 Å². The Morgan fingerprint density at radius 3 is 1.54 bits per heavy atom. The van der Waals surface area contributed by atoms with Crippen LogP contribution in [0.3, 0.4) is 0 Å². The lowest BCUT2D eigenvalue weighted by Gasteiger charge is -2.21. The van der Waals surface area contributed by atoms with E-state index in [-0.39, 0.29) is 0 Å². The first-order valence-electron chi connectivity index (χ1n) is 15.1. The Morgan fingerprint density at radius 2 is 1.11 bits per heavy atom. The highest BCUT2D eigenvalue weighted by Gasteiger charge is 2.21. The summed E-state index contributed by atoms with van der Waals surface area (Å²) in [6, 6.07) is 27.0. The molecule has 0 radical (unpaired) electrons. The molecule has 0 aliphatic carbocycles. The molecule has 0 spiro atoms. The number of esters is 2. The molecule has 2 atom stereocenters. The molecular weight excluding hydrogens is 623 g/mol. The molecule has 0 fully saturated rings. The fourth-order valence-electron chi connectivity index (χ4n) is 5.98. The number of fused-ring (bicyclic) bond motifs is 2. The minimum Gasteiger partial charge on any atom is -0.439 e. The van der Waals surface area contributed by atoms with E-state index >= 15 is 0 Å². The molecule has 6 rings (SSSR count). The zero-order valence-electron chi connectivity index (χ0n) is 25.1. The molecule has 10 heteroatoms. The number of anilines is 2. The first kappa shape index (κ1) is 31.6. The van der Waals surface area contributed by atoms with Crippen LogP contribution in [0.5, 0.6) is 0 Å². The molecule has 4 aromatic carbocycles. The Labute approximate surface area is 278 Å². The molecule has 0 saturated carbocycles. The smallest absolute Gasteiger partial charge is 0.332 e. The van der Waals surface area contributed by atoms with E-state index in [2.05, 4.69) is 9.80 Å². The van der Waals surface area contributed by atoms with Gasteiger partial charge in [0.05, 0.1) is 0 Å². The number of rotatable bonds is 10. The number of hydrogen-bond acceptors (Lipinski definition) is 8. The van der Waals surface area contributed by atoms with E-state index in [1.165, 1.54) is 11.1 Å². The second-order valence-electron chi connectivity index (χ2n) is 11.4. The number of hydrogen-bond donors (Lipinski definition) is 2. The zero-order valence-corrected chi connectivity index (χ0v) is 26.6. The highest BCUT2D eigenvalue weighted by Crippen LogP contribution is 2.33. The summed E-state index contributed by atoms with van der Waals surface area (Å²) in [6.45, 7) is 3.14. The van der Waals surface area contributed by atoms with Crippen molar-refractivity contribution in [2.75, 3.05) is 22.9 Å². The van der Waals surface area contributed by atoms with Crippen LogP contribution in [0.1, 0.15) is 45.8 Å². The minimum absolute atomic E-state index is 0.639. The van der Waals surface area contributed by atoms with E-state index in [4.69, 9.17) is 44.1 Å². The number of carbonyl (C=O) groups is 2. The van der Waals surface area contributed by atoms with E-state index < -0.39 is 24.4 Å². The zero-order chi connectivity index (χ0) is 32.2. The van der Waals surface area contributed by atoms with Crippen molar-refractivity contribution in [3.05, 3.63) is 141 Å². The Kier molecular flexibility index (Phi) is 9.61. The number of ether oxygens (including phenoxy) is 2. The van der Waals surface area contributed by atoms with Gasteiger partial charge < -0.3 is 19.3 Å². The quantitative estimate of drug-likeness (QED) is 0.115. The maximum absolute atomic E-state index is 12.5. The molecule has 4 N–H and O–H groups in total. The van der Waals surface area contributed by atoms with Gasteiger partial charge in [0.2, 0.25) is 0 Å². The maximum atomic E-state index is 12.5. The van der Waals surface area contributed by atoms with Gasteiger partial charge in [0.1, 0.15) is 0 Å². The number of benzene rings is 4. The second-order valence-corrected chi connectivity index (χ2v) is 12.3. The summed E-state index contributed by atoms with van der Waals surface area (Å²) in [7, 11) is 0.